The molecule has 0 saturated carbocycles. The van der Waals surface area contributed by atoms with Crippen LogP contribution in [0, 0.1) is 20.2 Å². The van der Waals surface area contributed by atoms with E-state index in [1.807, 2.05) is 20.8 Å². The van der Waals surface area contributed by atoms with Crippen molar-refractivity contribution < 1.29 is 53.9 Å². The predicted octanol–water partition coefficient (Wildman–Crippen LogP) is 3.66. The van der Waals surface area contributed by atoms with Crippen LogP contribution in [0.5, 0.6) is 17.2 Å². The molecule has 3 aromatic carbocycles. The molecule has 3 aromatic rings. The third-order valence-electron chi connectivity index (χ3n) is 5.53. The fourth-order valence-corrected chi connectivity index (χ4v) is 3.40. The standard InChI is InChI=1S/C10H12N2O4.C10H14N2O2.C10H11NO5.CH4O.H3NO/c1-2-5-16-7-3-4-9(12(14)15)8(6-7)10(11)13;1-2-5-14-7-3-4-9(11)8(6-7)10(12)13;1-2-5-16-7-3-4-9(11(14)15)8(6-7)10(12)13;2*1-2/h3-4,6H,2,5H2,1H3,(H2,11,13);3-4,6H,2,5,11H2,1H3,(H2,12,13);3-4,6H,2,5H2,1H3,(H,12,13);2H,1H3;2H,1H2. The van der Waals surface area contributed by atoms with Crippen LogP contribution in [0.15, 0.2) is 54.6 Å². The maximum atomic E-state index is 11.0. The number of nitrogens with two attached hydrogens (primary N) is 4. The zero-order valence-corrected chi connectivity index (χ0v) is 28.1. The van der Waals surface area contributed by atoms with Gasteiger partial charge in [0.25, 0.3) is 23.2 Å². The maximum Gasteiger partial charge on any atom is 0.342 e. The van der Waals surface area contributed by atoms with Crippen LogP contribution >= 0.6 is 0 Å². The molecule has 0 aliphatic rings. The number of benzene rings is 3. The van der Waals surface area contributed by atoms with E-state index in [2.05, 4.69) is 5.90 Å². The Morgan fingerprint density at radius 2 is 0.960 bits per heavy atom. The van der Waals surface area contributed by atoms with Gasteiger partial charge in [0, 0.05) is 31.0 Å². The van der Waals surface area contributed by atoms with Gasteiger partial charge in [-0.15, -0.1) is 0 Å². The molecule has 0 heterocycles. The molecule has 276 valence electrons. The molecule has 0 saturated heterocycles. The maximum absolute atomic E-state index is 11.0. The van der Waals surface area contributed by atoms with E-state index in [0.29, 0.717) is 48.3 Å². The van der Waals surface area contributed by atoms with E-state index >= 15 is 0 Å². The topological polar surface area (TPSA) is 330 Å². The van der Waals surface area contributed by atoms with Gasteiger partial charge in [0.2, 0.25) is 0 Å². The van der Waals surface area contributed by atoms with Crippen molar-refractivity contribution >= 4 is 34.8 Å². The van der Waals surface area contributed by atoms with Crippen LogP contribution in [0.4, 0.5) is 17.1 Å². The van der Waals surface area contributed by atoms with Crippen LogP contribution in [0.1, 0.15) is 71.1 Å². The number of amides is 2. The molecule has 0 atom stereocenters. The molecule has 11 N–H and O–H groups in total. The van der Waals surface area contributed by atoms with E-state index in [1.54, 1.807) is 18.2 Å². The van der Waals surface area contributed by atoms with Crippen LogP contribution < -0.4 is 37.3 Å². The number of aliphatic hydroxyl groups excluding tert-OH is 1. The number of nitrogens with zero attached hydrogens (tertiary/aromatic N) is 2. The minimum Gasteiger partial charge on any atom is -0.494 e. The van der Waals surface area contributed by atoms with Crippen molar-refractivity contribution in [2.75, 3.05) is 32.7 Å². The molecule has 50 heavy (non-hydrogen) atoms. The largest absolute Gasteiger partial charge is 0.494 e. The first kappa shape index (κ1) is 46.1. The summed E-state index contributed by atoms with van der Waals surface area (Å²) >= 11 is 0. The van der Waals surface area contributed by atoms with Crippen LogP contribution in [-0.4, -0.2) is 70.0 Å². The highest BCUT2D eigenvalue weighted by Gasteiger charge is 2.20. The number of nitro benzene ring substituents is 2. The molecular formula is C31H44N6O13. The molecule has 19 nitrogen and oxygen atoms in total. The number of nitrogen functional groups attached to an aromatic ring is 1. The lowest BCUT2D eigenvalue weighted by Crippen LogP contribution is -2.13. The lowest BCUT2D eigenvalue weighted by atomic mass is 10.1. The fourth-order valence-electron chi connectivity index (χ4n) is 3.40. The Hall–Kier alpha value is -6.05. The third kappa shape index (κ3) is 16.7. The van der Waals surface area contributed by atoms with Crippen LogP contribution in [-0.2, 0) is 0 Å². The molecule has 0 fully saturated rings. The second kappa shape index (κ2) is 26.0. The van der Waals surface area contributed by atoms with E-state index in [4.69, 9.17) is 46.8 Å². The molecule has 3 rings (SSSR count). The summed E-state index contributed by atoms with van der Waals surface area (Å²) in [6.45, 7) is 7.38. The molecule has 19 heteroatoms. The summed E-state index contributed by atoms with van der Waals surface area (Å²) in [4.78, 5) is 52.5. The second-order valence-electron chi connectivity index (χ2n) is 9.20. The highest BCUT2D eigenvalue weighted by Crippen LogP contribution is 2.25. The number of carbonyl (C=O) groups excluding carboxylic acids is 2. The fraction of sp³-hybridized carbons (Fsp3) is 0.323. The SMILES string of the molecule is CCCOc1ccc(N)c(C(N)=O)c1.CCCOc1ccc([N+](=O)[O-])c(C(=O)O)c1.CCCOc1ccc([N+](=O)[O-])c(C(N)=O)c1.CO.NO. The van der Waals surface area contributed by atoms with Crippen LogP contribution in [0.25, 0.3) is 0 Å². The van der Waals surface area contributed by atoms with Gasteiger partial charge < -0.3 is 46.8 Å². The van der Waals surface area contributed by atoms with E-state index in [0.717, 1.165) is 38.5 Å². The van der Waals surface area contributed by atoms with Gasteiger partial charge in [-0.05, 0) is 55.7 Å². The third-order valence-corrected chi connectivity index (χ3v) is 5.53. The van der Waals surface area contributed by atoms with Crippen molar-refractivity contribution in [3.8, 4) is 17.2 Å². The first-order valence-electron chi connectivity index (χ1n) is 14.6. The minimum absolute atomic E-state index is 0.140. The van der Waals surface area contributed by atoms with E-state index in [9.17, 15) is 34.6 Å². The van der Waals surface area contributed by atoms with Crippen LogP contribution in [0.2, 0.25) is 0 Å². The number of aliphatic hydroxyl groups is 1. The minimum atomic E-state index is -1.34. The zero-order valence-electron chi connectivity index (χ0n) is 28.1. The number of anilines is 1. The van der Waals surface area contributed by atoms with Gasteiger partial charge in [-0.3, -0.25) is 29.8 Å². The lowest BCUT2D eigenvalue weighted by Gasteiger charge is -2.07. The number of carbonyl (C=O) groups is 3. The molecule has 0 aliphatic carbocycles. The quantitative estimate of drug-likeness (QED) is 0.0713. The Labute approximate surface area is 287 Å². The molecule has 0 unspecified atom stereocenters. The first-order valence-corrected chi connectivity index (χ1v) is 14.6. The summed E-state index contributed by atoms with van der Waals surface area (Å²) < 4.78 is 15.8. The number of hydrogen-bond donors (Lipinski definition) is 7. The molecule has 2 amide bonds. The van der Waals surface area contributed by atoms with Gasteiger partial charge in [0.1, 0.15) is 28.4 Å². The average molecular weight is 709 g/mol. The van der Waals surface area contributed by atoms with Gasteiger partial charge in [0.15, 0.2) is 0 Å². The van der Waals surface area contributed by atoms with Crippen molar-refractivity contribution in [3.63, 3.8) is 0 Å². The summed E-state index contributed by atoms with van der Waals surface area (Å²) in [5, 5.41) is 43.5. The Kier molecular flexibility index (Phi) is 23.9. The molecule has 0 bridgehead atoms. The summed E-state index contributed by atoms with van der Waals surface area (Å²) in [5.41, 5.74) is 15.2. The van der Waals surface area contributed by atoms with Crippen molar-refractivity contribution in [1.29, 1.82) is 0 Å². The van der Waals surface area contributed by atoms with Crippen LogP contribution in [0.3, 0.4) is 0 Å². The van der Waals surface area contributed by atoms with E-state index in [-0.39, 0.29) is 16.8 Å². The van der Waals surface area contributed by atoms with Crippen molar-refractivity contribution in [1.82, 2.24) is 0 Å². The van der Waals surface area contributed by atoms with Crippen molar-refractivity contribution in [2.45, 2.75) is 40.0 Å². The Balaban J connectivity index is 0. The Morgan fingerprint density at radius 1 is 0.640 bits per heavy atom. The molecule has 0 aromatic heterocycles. The number of carboxylic acids is 1. The molecule has 0 aliphatic heterocycles. The number of primary amides is 2. The van der Waals surface area contributed by atoms with Gasteiger partial charge in [-0.2, -0.15) is 0 Å². The Bertz CT molecular complexity index is 1460. The highest BCUT2D eigenvalue weighted by atomic mass is 16.6. The predicted molar refractivity (Wildman–Crippen MR) is 183 cm³/mol. The van der Waals surface area contributed by atoms with Crippen molar-refractivity contribution in [2.24, 2.45) is 17.4 Å². The Morgan fingerprint density at radius 3 is 1.28 bits per heavy atom. The molecule has 0 spiro atoms. The van der Waals surface area contributed by atoms with Gasteiger partial charge in [-0.25, -0.2) is 10.7 Å². The number of ether oxygens (including phenoxy) is 3. The summed E-state index contributed by atoms with van der Waals surface area (Å²) in [6.07, 6.45) is 2.50. The van der Waals surface area contributed by atoms with E-state index in [1.165, 1.54) is 24.3 Å². The highest BCUT2D eigenvalue weighted by molar-refractivity contribution is 5.98. The molecule has 0 radical (unpaired) electrons. The van der Waals surface area contributed by atoms with Crippen molar-refractivity contribution in [3.05, 3.63) is 91.5 Å². The lowest BCUT2D eigenvalue weighted by molar-refractivity contribution is -0.385. The number of hydrogen-bond acceptors (Lipinski definition) is 14. The zero-order chi connectivity index (χ0) is 38.8. The number of carboxylic acid groups (broad SMARTS) is 1. The van der Waals surface area contributed by atoms with Gasteiger partial charge in [0.05, 0.1) is 35.2 Å². The first-order chi connectivity index (χ1) is 23.8. The number of rotatable bonds is 14. The monoisotopic (exact) mass is 708 g/mol. The second-order valence-corrected chi connectivity index (χ2v) is 9.20. The summed E-state index contributed by atoms with van der Waals surface area (Å²) in [6, 6.07) is 12.5. The molecular weight excluding hydrogens is 664 g/mol. The van der Waals surface area contributed by atoms with E-state index < -0.39 is 33.3 Å². The average Bonchev–Trinajstić information content (AvgIpc) is 3.11. The normalized spacial score (nSPS) is 9.26. The van der Waals surface area contributed by atoms with Gasteiger partial charge in [-0.1, -0.05) is 20.8 Å². The number of aromatic carboxylic acids is 1. The summed E-state index contributed by atoms with van der Waals surface area (Å²) in [5.74, 6) is 2.13. The number of nitro groups is 2. The summed E-state index contributed by atoms with van der Waals surface area (Å²) in [7, 11) is 1.00. The van der Waals surface area contributed by atoms with Gasteiger partial charge >= 0.3 is 5.97 Å². The smallest absolute Gasteiger partial charge is 0.342 e.